The summed E-state index contributed by atoms with van der Waals surface area (Å²) >= 11 is 7.08. The summed E-state index contributed by atoms with van der Waals surface area (Å²) in [5.74, 6) is 0.441. The average Bonchev–Trinajstić information content (AvgIpc) is 3.00. The molecule has 0 spiro atoms. The summed E-state index contributed by atoms with van der Waals surface area (Å²) in [4.78, 5) is 29.4. The number of hydrogen-bond acceptors (Lipinski definition) is 4. The van der Waals surface area contributed by atoms with Gasteiger partial charge in [-0.2, -0.15) is 0 Å². The molecule has 1 saturated carbocycles. The van der Waals surface area contributed by atoms with E-state index in [-0.39, 0.29) is 5.91 Å². The number of halogens is 1. The highest BCUT2D eigenvalue weighted by Crippen LogP contribution is 2.25. The summed E-state index contributed by atoms with van der Waals surface area (Å²) in [6.45, 7) is 2.47. The van der Waals surface area contributed by atoms with Gasteiger partial charge in [0.05, 0.1) is 5.69 Å². The zero-order valence-corrected chi connectivity index (χ0v) is 16.8. The van der Waals surface area contributed by atoms with Crippen LogP contribution in [0.2, 0.25) is 5.02 Å². The number of urea groups is 1. The lowest BCUT2D eigenvalue weighted by atomic mass is 9.89. The van der Waals surface area contributed by atoms with E-state index in [0.717, 1.165) is 0 Å². The lowest BCUT2D eigenvalue weighted by Gasteiger charge is -2.21. The molecule has 144 valence electrons. The minimum absolute atomic E-state index is 0.126. The van der Waals surface area contributed by atoms with Gasteiger partial charge in [-0.25, -0.2) is 9.78 Å². The van der Waals surface area contributed by atoms with Gasteiger partial charge < -0.3 is 10.6 Å². The minimum atomic E-state index is -0.430. The fourth-order valence-electron chi connectivity index (χ4n) is 3.19. The number of rotatable bonds is 5. The number of aryl methyl sites for hydroxylation is 1. The topological polar surface area (TPSA) is 83.1 Å². The summed E-state index contributed by atoms with van der Waals surface area (Å²) < 4.78 is 0. The van der Waals surface area contributed by atoms with Crippen LogP contribution in [-0.4, -0.2) is 23.5 Å². The van der Waals surface area contributed by atoms with Crippen LogP contribution in [-0.2, 0) is 0 Å². The van der Waals surface area contributed by atoms with Gasteiger partial charge in [0, 0.05) is 17.3 Å². The van der Waals surface area contributed by atoms with Crippen molar-refractivity contribution in [2.45, 2.75) is 39.0 Å². The highest BCUT2D eigenvalue weighted by molar-refractivity contribution is 7.17. The van der Waals surface area contributed by atoms with Gasteiger partial charge in [-0.05, 0) is 43.9 Å². The smallest absolute Gasteiger partial charge is 0.325 e. The van der Waals surface area contributed by atoms with Gasteiger partial charge in [0.1, 0.15) is 4.88 Å². The normalized spacial score (nSPS) is 14.6. The predicted molar refractivity (Wildman–Crippen MR) is 110 cm³/mol. The molecule has 0 aliphatic heterocycles. The molecule has 3 amide bonds. The monoisotopic (exact) mass is 406 g/mol. The Bertz CT molecular complexity index is 818. The molecule has 6 nitrogen and oxygen atoms in total. The SMILES string of the molecule is Cc1nc(NC(=O)Nc2cccc(Cl)c2)sc1C(=O)NCC1CCCCC1. The van der Waals surface area contributed by atoms with Gasteiger partial charge in [-0.15, -0.1) is 0 Å². The van der Waals surface area contributed by atoms with Gasteiger partial charge in [-0.3, -0.25) is 10.1 Å². The first-order chi connectivity index (χ1) is 13.0. The Morgan fingerprint density at radius 3 is 2.74 bits per heavy atom. The van der Waals surface area contributed by atoms with Crippen LogP contribution in [0.15, 0.2) is 24.3 Å². The zero-order chi connectivity index (χ0) is 19.2. The number of nitrogens with zero attached hydrogens (tertiary/aromatic N) is 1. The Morgan fingerprint density at radius 1 is 1.22 bits per heavy atom. The van der Waals surface area contributed by atoms with E-state index < -0.39 is 6.03 Å². The molecule has 1 heterocycles. The maximum atomic E-state index is 12.5. The van der Waals surface area contributed by atoms with E-state index in [2.05, 4.69) is 20.9 Å². The van der Waals surface area contributed by atoms with E-state index in [1.807, 2.05) is 0 Å². The fourth-order valence-corrected chi connectivity index (χ4v) is 4.26. The number of amides is 3. The Morgan fingerprint density at radius 2 is 2.00 bits per heavy atom. The second-order valence-electron chi connectivity index (χ2n) is 6.74. The third-order valence-corrected chi connectivity index (χ3v) is 5.89. The van der Waals surface area contributed by atoms with E-state index in [0.29, 0.717) is 38.9 Å². The van der Waals surface area contributed by atoms with Crippen LogP contribution >= 0.6 is 22.9 Å². The molecule has 3 N–H and O–H groups in total. The summed E-state index contributed by atoms with van der Waals surface area (Å²) in [5, 5.41) is 9.29. The van der Waals surface area contributed by atoms with Crippen LogP contribution in [0.5, 0.6) is 0 Å². The predicted octanol–water partition coefficient (Wildman–Crippen LogP) is 5.06. The van der Waals surface area contributed by atoms with Crippen molar-refractivity contribution in [1.82, 2.24) is 10.3 Å². The first-order valence-corrected chi connectivity index (χ1v) is 10.3. The number of hydrogen-bond donors (Lipinski definition) is 3. The summed E-state index contributed by atoms with van der Waals surface area (Å²) in [6, 6.07) is 6.44. The Kier molecular flexibility index (Phi) is 6.68. The minimum Gasteiger partial charge on any atom is -0.351 e. The van der Waals surface area contributed by atoms with Crippen LogP contribution in [0.25, 0.3) is 0 Å². The number of benzene rings is 1. The van der Waals surface area contributed by atoms with E-state index in [9.17, 15) is 9.59 Å². The average molecular weight is 407 g/mol. The van der Waals surface area contributed by atoms with E-state index in [1.54, 1.807) is 31.2 Å². The van der Waals surface area contributed by atoms with Crippen LogP contribution in [0.3, 0.4) is 0 Å². The molecule has 0 bridgehead atoms. The number of carbonyl (C=O) groups is 2. The first kappa shape index (κ1) is 19.6. The quantitative estimate of drug-likeness (QED) is 0.648. The standard InChI is InChI=1S/C19H23ClN4O2S/c1-12-16(17(25)21-11-13-6-3-2-4-7-13)27-19(22-12)24-18(26)23-15-9-5-8-14(20)10-15/h5,8-10,13H,2-4,6-7,11H2,1H3,(H,21,25)(H2,22,23,24,26). The highest BCUT2D eigenvalue weighted by atomic mass is 35.5. The van der Waals surface area contributed by atoms with Crippen molar-refractivity contribution in [3.63, 3.8) is 0 Å². The highest BCUT2D eigenvalue weighted by Gasteiger charge is 2.19. The number of thiazole rings is 1. The Hall–Kier alpha value is -2.12. The largest absolute Gasteiger partial charge is 0.351 e. The maximum absolute atomic E-state index is 12.5. The molecule has 1 fully saturated rings. The molecule has 1 aromatic carbocycles. The maximum Gasteiger partial charge on any atom is 0.325 e. The zero-order valence-electron chi connectivity index (χ0n) is 15.2. The van der Waals surface area contributed by atoms with Crippen molar-refractivity contribution < 1.29 is 9.59 Å². The fraction of sp³-hybridized carbons (Fsp3) is 0.421. The summed E-state index contributed by atoms with van der Waals surface area (Å²) in [7, 11) is 0. The molecule has 1 aromatic heterocycles. The second kappa shape index (κ2) is 9.19. The molecule has 8 heteroatoms. The number of nitrogens with one attached hydrogen (secondary N) is 3. The van der Waals surface area contributed by atoms with Crippen molar-refractivity contribution >= 4 is 45.7 Å². The van der Waals surface area contributed by atoms with Gasteiger partial charge in [0.2, 0.25) is 0 Å². The van der Waals surface area contributed by atoms with E-state index in [4.69, 9.17) is 11.6 Å². The van der Waals surface area contributed by atoms with Gasteiger partial charge >= 0.3 is 6.03 Å². The van der Waals surface area contributed by atoms with E-state index >= 15 is 0 Å². The molecular formula is C19H23ClN4O2S. The summed E-state index contributed by atoms with van der Waals surface area (Å²) in [6.07, 6.45) is 6.15. The number of aromatic nitrogens is 1. The van der Waals surface area contributed by atoms with E-state index in [1.165, 1.54) is 43.4 Å². The van der Waals surface area contributed by atoms with Crippen molar-refractivity contribution in [1.29, 1.82) is 0 Å². The van der Waals surface area contributed by atoms with Gasteiger partial charge in [-0.1, -0.05) is 48.3 Å². The lowest BCUT2D eigenvalue weighted by molar-refractivity contribution is 0.0947. The molecule has 27 heavy (non-hydrogen) atoms. The third kappa shape index (κ3) is 5.68. The molecule has 1 aliphatic carbocycles. The first-order valence-electron chi connectivity index (χ1n) is 9.10. The number of carbonyl (C=O) groups excluding carboxylic acids is 2. The van der Waals surface area contributed by atoms with Crippen molar-refractivity contribution in [3.05, 3.63) is 39.9 Å². The molecule has 0 saturated heterocycles. The van der Waals surface area contributed by atoms with Crippen molar-refractivity contribution in [2.75, 3.05) is 17.2 Å². The van der Waals surface area contributed by atoms with Crippen molar-refractivity contribution in [2.24, 2.45) is 5.92 Å². The molecule has 3 rings (SSSR count). The second-order valence-corrected chi connectivity index (χ2v) is 8.17. The molecular weight excluding hydrogens is 384 g/mol. The number of anilines is 2. The van der Waals surface area contributed by atoms with Gasteiger partial charge in [0.15, 0.2) is 5.13 Å². The van der Waals surface area contributed by atoms with Gasteiger partial charge in [0.25, 0.3) is 5.91 Å². The lowest BCUT2D eigenvalue weighted by Crippen LogP contribution is -2.30. The Balaban J connectivity index is 1.55. The molecule has 0 radical (unpaired) electrons. The van der Waals surface area contributed by atoms with Crippen LogP contribution in [0, 0.1) is 12.8 Å². The summed E-state index contributed by atoms with van der Waals surface area (Å²) in [5.41, 5.74) is 1.19. The molecule has 1 aliphatic rings. The molecule has 2 aromatic rings. The van der Waals surface area contributed by atoms with Crippen LogP contribution in [0.1, 0.15) is 47.5 Å². The molecule has 0 atom stereocenters. The van der Waals surface area contributed by atoms with Crippen molar-refractivity contribution in [3.8, 4) is 0 Å². The Labute approximate surface area is 167 Å². The molecule has 0 unspecified atom stereocenters. The van der Waals surface area contributed by atoms with Crippen LogP contribution < -0.4 is 16.0 Å². The third-order valence-electron chi connectivity index (χ3n) is 4.58. The van der Waals surface area contributed by atoms with Crippen LogP contribution in [0.4, 0.5) is 15.6 Å².